The zero-order chi connectivity index (χ0) is 12.0. The molecule has 0 spiro atoms. The van der Waals surface area contributed by atoms with Crippen molar-refractivity contribution in [3.8, 4) is 0 Å². The van der Waals surface area contributed by atoms with Gasteiger partial charge in [0.1, 0.15) is 0 Å². The third-order valence-corrected chi connectivity index (χ3v) is 4.40. The highest BCUT2D eigenvalue weighted by molar-refractivity contribution is 7.18. The first kappa shape index (κ1) is 10.7. The van der Waals surface area contributed by atoms with Gasteiger partial charge in [0.05, 0.1) is 21.6 Å². The lowest BCUT2D eigenvalue weighted by Gasteiger charge is -2.12. The third kappa shape index (κ3) is 1.82. The van der Waals surface area contributed by atoms with E-state index >= 15 is 0 Å². The minimum absolute atomic E-state index is 0.114. The normalized spacial score (nSPS) is 17.2. The first-order valence-corrected chi connectivity index (χ1v) is 6.50. The summed E-state index contributed by atoms with van der Waals surface area (Å²) in [6.45, 7) is 1.99. The van der Waals surface area contributed by atoms with Gasteiger partial charge in [0.15, 0.2) is 0 Å². The Kier molecular flexibility index (Phi) is 2.23. The van der Waals surface area contributed by atoms with Gasteiger partial charge in [0.25, 0.3) is 0 Å². The van der Waals surface area contributed by atoms with E-state index in [0.29, 0.717) is 0 Å². The van der Waals surface area contributed by atoms with Crippen LogP contribution in [0.1, 0.15) is 29.8 Å². The third-order valence-electron chi connectivity index (χ3n) is 3.45. The van der Waals surface area contributed by atoms with Crippen molar-refractivity contribution in [2.75, 3.05) is 0 Å². The number of benzene rings is 1. The van der Waals surface area contributed by atoms with E-state index in [2.05, 4.69) is 23.2 Å². The van der Waals surface area contributed by atoms with Gasteiger partial charge in [-0.1, -0.05) is 6.07 Å². The zero-order valence-corrected chi connectivity index (χ0v) is 10.4. The van der Waals surface area contributed by atoms with Crippen molar-refractivity contribution in [1.29, 1.82) is 0 Å². The van der Waals surface area contributed by atoms with Crippen LogP contribution in [-0.4, -0.2) is 16.1 Å². The van der Waals surface area contributed by atoms with E-state index in [4.69, 9.17) is 5.11 Å². The number of fused-ring (bicyclic) bond motifs is 1. The number of aliphatic carboxylic acids is 1. The van der Waals surface area contributed by atoms with Crippen LogP contribution in [0.25, 0.3) is 10.2 Å². The lowest BCUT2D eigenvalue weighted by atomic mass is 9.92. The number of hydrogen-bond acceptors (Lipinski definition) is 3. The van der Waals surface area contributed by atoms with Crippen LogP contribution in [-0.2, 0) is 10.2 Å². The van der Waals surface area contributed by atoms with Gasteiger partial charge in [-0.2, -0.15) is 0 Å². The van der Waals surface area contributed by atoms with Crippen molar-refractivity contribution < 1.29 is 9.90 Å². The molecule has 4 heteroatoms. The first-order chi connectivity index (χ1) is 8.09. The summed E-state index contributed by atoms with van der Waals surface area (Å²) in [5.74, 6) is -0.711. The van der Waals surface area contributed by atoms with Gasteiger partial charge < -0.3 is 5.11 Å². The van der Waals surface area contributed by atoms with Crippen molar-refractivity contribution in [1.82, 2.24) is 4.98 Å². The molecule has 1 saturated carbocycles. The minimum atomic E-state index is -0.711. The molecule has 2 aromatic rings. The summed E-state index contributed by atoms with van der Waals surface area (Å²) in [4.78, 5) is 15.3. The fourth-order valence-corrected chi connectivity index (χ4v) is 3.19. The smallest absolute Gasteiger partial charge is 0.304 e. The molecule has 3 nitrogen and oxygen atoms in total. The number of thiazole rings is 1. The molecule has 1 N–H and O–H groups in total. The maximum Gasteiger partial charge on any atom is 0.304 e. The van der Waals surface area contributed by atoms with Crippen LogP contribution in [0.3, 0.4) is 0 Å². The van der Waals surface area contributed by atoms with E-state index in [0.717, 1.165) is 28.9 Å². The van der Waals surface area contributed by atoms with Crippen LogP contribution in [0.2, 0.25) is 0 Å². The zero-order valence-electron chi connectivity index (χ0n) is 9.56. The molecular formula is C13H13NO2S. The summed E-state index contributed by atoms with van der Waals surface area (Å²) in [6, 6.07) is 6.20. The lowest BCUT2D eigenvalue weighted by Crippen LogP contribution is -2.12. The molecule has 0 radical (unpaired) electrons. The van der Waals surface area contributed by atoms with Gasteiger partial charge in [-0.15, -0.1) is 11.3 Å². The lowest BCUT2D eigenvalue weighted by molar-refractivity contribution is -0.137. The second kappa shape index (κ2) is 3.53. The van der Waals surface area contributed by atoms with Gasteiger partial charge in [0.2, 0.25) is 0 Å². The molecule has 0 bridgehead atoms. The molecule has 0 unspecified atom stereocenters. The molecule has 1 aromatic carbocycles. The molecule has 1 aliphatic rings. The number of carbonyl (C=O) groups is 1. The Bertz CT molecular complexity index is 598. The monoisotopic (exact) mass is 247 g/mol. The van der Waals surface area contributed by atoms with Crippen LogP contribution in [0.4, 0.5) is 0 Å². The Morgan fingerprint density at radius 2 is 2.29 bits per heavy atom. The fraction of sp³-hybridized carbons (Fsp3) is 0.385. The molecule has 88 valence electrons. The standard InChI is InChI=1S/C13H13NO2S/c1-8-14-10-6-9(2-3-11(10)17-8)13(4-5-13)7-12(15)16/h2-3,6H,4-5,7H2,1H3,(H,15,16). The molecule has 1 heterocycles. The van der Waals surface area contributed by atoms with Gasteiger partial charge in [-0.3, -0.25) is 4.79 Å². The first-order valence-electron chi connectivity index (χ1n) is 5.69. The van der Waals surface area contributed by atoms with E-state index in [1.807, 2.05) is 6.92 Å². The van der Waals surface area contributed by atoms with Crippen molar-refractivity contribution in [3.05, 3.63) is 28.8 Å². The van der Waals surface area contributed by atoms with Gasteiger partial charge >= 0.3 is 5.97 Å². The van der Waals surface area contributed by atoms with Crippen LogP contribution >= 0.6 is 11.3 Å². The minimum Gasteiger partial charge on any atom is -0.481 e. The molecule has 1 aliphatic carbocycles. The molecular weight excluding hydrogens is 234 g/mol. The Labute approximate surface area is 103 Å². The summed E-state index contributed by atoms with van der Waals surface area (Å²) in [6.07, 6.45) is 2.20. The van der Waals surface area contributed by atoms with E-state index in [9.17, 15) is 4.79 Å². The van der Waals surface area contributed by atoms with E-state index in [1.54, 1.807) is 11.3 Å². The van der Waals surface area contributed by atoms with Crippen molar-refractivity contribution in [2.24, 2.45) is 0 Å². The molecule has 0 aliphatic heterocycles. The highest BCUT2D eigenvalue weighted by Crippen LogP contribution is 2.51. The Hall–Kier alpha value is -1.42. The second-order valence-electron chi connectivity index (χ2n) is 4.77. The fourth-order valence-electron chi connectivity index (χ4n) is 2.38. The van der Waals surface area contributed by atoms with Crippen molar-refractivity contribution in [2.45, 2.75) is 31.6 Å². The number of carboxylic acid groups (broad SMARTS) is 1. The quantitative estimate of drug-likeness (QED) is 0.906. The Balaban J connectivity index is 2.03. The molecule has 3 rings (SSSR count). The maximum atomic E-state index is 10.9. The Morgan fingerprint density at radius 1 is 1.53 bits per heavy atom. The largest absolute Gasteiger partial charge is 0.481 e. The number of nitrogens with zero attached hydrogens (tertiary/aromatic N) is 1. The molecule has 17 heavy (non-hydrogen) atoms. The predicted octanol–water partition coefficient (Wildman–Crippen LogP) is 3.11. The van der Waals surface area contributed by atoms with Crippen LogP contribution in [0.5, 0.6) is 0 Å². The van der Waals surface area contributed by atoms with Crippen molar-refractivity contribution >= 4 is 27.5 Å². The predicted molar refractivity (Wildman–Crippen MR) is 67.5 cm³/mol. The van der Waals surface area contributed by atoms with Crippen molar-refractivity contribution in [3.63, 3.8) is 0 Å². The average Bonchev–Trinajstić information content (AvgIpc) is 2.91. The molecule has 1 aromatic heterocycles. The number of carboxylic acids is 1. The highest BCUT2D eigenvalue weighted by atomic mass is 32.1. The van der Waals surface area contributed by atoms with E-state index in [1.165, 1.54) is 4.70 Å². The van der Waals surface area contributed by atoms with Crippen LogP contribution < -0.4 is 0 Å². The summed E-state index contributed by atoms with van der Waals surface area (Å²) >= 11 is 1.68. The summed E-state index contributed by atoms with van der Waals surface area (Å²) < 4.78 is 1.18. The van der Waals surface area contributed by atoms with Gasteiger partial charge in [-0.05, 0) is 37.5 Å². The van der Waals surface area contributed by atoms with E-state index in [-0.39, 0.29) is 11.8 Å². The summed E-state index contributed by atoms with van der Waals surface area (Å²) in [5, 5.41) is 10.0. The Morgan fingerprint density at radius 3 is 2.94 bits per heavy atom. The number of hydrogen-bond donors (Lipinski definition) is 1. The number of aryl methyl sites for hydroxylation is 1. The molecule has 0 saturated heterocycles. The second-order valence-corrected chi connectivity index (χ2v) is 6.00. The average molecular weight is 247 g/mol. The van der Waals surface area contributed by atoms with Crippen LogP contribution in [0, 0.1) is 6.92 Å². The molecule has 0 amide bonds. The number of aromatic nitrogens is 1. The highest BCUT2D eigenvalue weighted by Gasteiger charge is 2.46. The van der Waals surface area contributed by atoms with Gasteiger partial charge in [0, 0.05) is 5.41 Å². The van der Waals surface area contributed by atoms with Crippen LogP contribution in [0.15, 0.2) is 18.2 Å². The SMILES string of the molecule is Cc1nc2cc(C3(CC(=O)O)CC3)ccc2s1. The maximum absolute atomic E-state index is 10.9. The molecule has 1 fully saturated rings. The topological polar surface area (TPSA) is 50.2 Å². The molecule has 0 atom stereocenters. The summed E-state index contributed by atoms with van der Waals surface area (Å²) in [7, 11) is 0. The number of rotatable bonds is 3. The van der Waals surface area contributed by atoms with E-state index < -0.39 is 5.97 Å². The summed E-state index contributed by atoms with van der Waals surface area (Å²) in [5.41, 5.74) is 2.02. The van der Waals surface area contributed by atoms with Gasteiger partial charge in [-0.25, -0.2) is 4.98 Å².